The fourth-order valence-electron chi connectivity index (χ4n) is 2.10. The van der Waals surface area contributed by atoms with Gasteiger partial charge in [0.05, 0.1) is 11.4 Å². The van der Waals surface area contributed by atoms with Gasteiger partial charge in [0.15, 0.2) is 0 Å². The second kappa shape index (κ2) is 6.28. The van der Waals surface area contributed by atoms with Crippen LogP contribution in [0.1, 0.15) is 18.2 Å². The zero-order chi connectivity index (χ0) is 14.7. The van der Waals surface area contributed by atoms with Gasteiger partial charge in [-0.15, -0.1) is 11.8 Å². The summed E-state index contributed by atoms with van der Waals surface area (Å²) in [5, 5.41) is 7.83. The highest BCUT2D eigenvalue weighted by atomic mass is 32.2. The second-order valence-electron chi connectivity index (χ2n) is 4.39. The Kier molecular flexibility index (Phi) is 4.67. The lowest BCUT2D eigenvalue weighted by atomic mass is 10.1. The van der Waals surface area contributed by atoms with Gasteiger partial charge in [0.2, 0.25) is 0 Å². The van der Waals surface area contributed by atoms with E-state index >= 15 is 0 Å². The van der Waals surface area contributed by atoms with E-state index in [0.29, 0.717) is 4.99 Å². The molecule has 0 fully saturated rings. The van der Waals surface area contributed by atoms with Crippen molar-refractivity contribution in [2.75, 3.05) is 11.6 Å². The number of nitrogens with two attached hydrogens (primary N) is 1. The van der Waals surface area contributed by atoms with Gasteiger partial charge in [-0.05, 0) is 24.8 Å². The molecule has 0 aliphatic heterocycles. The maximum absolute atomic E-state index is 5.88. The van der Waals surface area contributed by atoms with E-state index in [-0.39, 0.29) is 0 Å². The maximum atomic E-state index is 5.88. The molecule has 0 aliphatic rings. The number of nitrogens with one attached hydrogen (secondary N) is 1. The SMILES string of the molecule is CCc1nn(C)cc1Nc1cccc(SC)c1C(N)=S. The maximum Gasteiger partial charge on any atom is 0.107 e. The van der Waals surface area contributed by atoms with E-state index in [0.717, 1.165) is 33.9 Å². The molecule has 0 bridgehead atoms. The first kappa shape index (κ1) is 14.9. The molecular weight excluding hydrogens is 288 g/mol. The van der Waals surface area contributed by atoms with E-state index in [1.165, 1.54) is 0 Å². The Morgan fingerprint density at radius 2 is 2.20 bits per heavy atom. The van der Waals surface area contributed by atoms with Crippen molar-refractivity contribution in [3.63, 3.8) is 0 Å². The number of aromatic nitrogens is 2. The van der Waals surface area contributed by atoms with Crippen molar-refractivity contribution in [2.45, 2.75) is 18.2 Å². The molecule has 1 aromatic heterocycles. The van der Waals surface area contributed by atoms with Crippen molar-refractivity contribution in [2.24, 2.45) is 12.8 Å². The number of nitrogens with zero attached hydrogens (tertiary/aromatic N) is 2. The van der Waals surface area contributed by atoms with Gasteiger partial charge >= 0.3 is 0 Å². The zero-order valence-corrected chi connectivity index (χ0v) is 13.4. The molecule has 0 aliphatic carbocycles. The van der Waals surface area contributed by atoms with E-state index in [1.807, 2.05) is 37.7 Å². The second-order valence-corrected chi connectivity index (χ2v) is 5.68. The Morgan fingerprint density at radius 3 is 2.80 bits per heavy atom. The molecule has 1 heterocycles. The molecule has 0 radical (unpaired) electrons. The first-order valence-corrected chi connectivity index (χ1v) is 7.96. The van der Waals surface area contributed by atoms with Crippen LogP contribution in [0, 0.1) is 0 Å². The molecule has 0 atom stereocenters. The van der Waals surface area contributed by atoms with Gasteiger partial charge in [-0.25, -0.2) is 0 Å². The van der Waals surface area contributed by atoms with Crippen molar-refractivity contribution < 1.29 is 0 Å². The molecule has 20 heavy (non-hydrogen) atoms. The van der Waals surface area contributed by atoms with E-state index in [2.05, 4.69) is 17.3 Å². The van der Waals surface area contributed by atoms with Gasteiger partial charge in [0, 0.05) is 29.4 Å². The number of anilines is 2. The van der Waals surface area contributed by atoms with Gasteiger partial charge in [-0.3, -0.25) is 4.68 Å². The van der Waals surface area contributed by atoms with Crippen molar-refractivity contribution in [1.82, 2.24) is 9.78 Å². The Labute approximate surface area is 128 Å². The van der Waals surface area contributed by atoms with E-state index < -0.39 is 0 Å². The highest BCUT2D eigenvalue weighted by Crippen LogP contribution is 2.30. The van der Waals surface area contributed by atoms with Crippen LogP contribution in [0.4, 0.5) is 11.4 Å². The molecule has 2 rings (SSSR count). The van der Waals surface area contributed by atoms with Gasteiger partial charge < -0.3 is 11.1 Å². The molecule has 6 heteroatoms. The van der Waals surface area contributed by atoms with Crippen LogP contribution in [0.5, 0.6) is 0 Å². The van der Waals surface area contributed by atoms with Crippen LogP contribution >= 0.6 is 24.0 Å². The van der Waals surface area contributed by atoms with Gasteiger partial charge in [0.1, 0.15) is 4.99 Å². The molecular formula is C14H18N4S2. The number of aryl methyl sites for hydroxylation is 2. The summed E-state index contributed by atoms with van der Waals surface area (Å²) in [6, 6.07) is 6.01. The molecule has 3 N–H and O–H groups in total. The first-order chi connectivity index (χ1) is 9.56. The lowest BCUT2D eigenvalue weighted by Crippen LogP contribution is -2.13. The van der Waals surface area contributed by atoms with Crippen LogP contribution < -0.4 is 11.1 Å². The third-order valence-corrected chi connectivity index (χ3v) is 3.99. The number of hydrogen-bond acceptors (Lipinski definition) is 4. The summed E-state index contributed by atoms with van der Waals surface area (Å²) in [5.74, 6) is 0. The summed E-state index contributed by atoms with van der Waals surface area (Å²) in [7, 11) is 1.91. The Balaban J connectivity index is 2.45. The van der Waals surface area contributed by atoms with Gasteiger partial charge in [-0.1, -0.05) is 25.2 Å². The average Bonchev–Trinajstić information content (AvgIpc) is 2.78. The van der Waals surface area contributed by atoms with Crippen LogP contribution in [0.15, 0.2) is 29.3 Å². The summed E-state index contributed by atoms with van der Waals surface area (Å²) in [4.78, 5) is 1.48. The Bertz CT molecular complexity index is 634. The summed E-state index contributed by atoms with van der Waals surface area (Å²) in [5.41, 5.74) is 9.71. The molecule has 0 spiro atoms. The third-order valence-electron chi connectivity index (χ3n) is 3.00. The Morgan fingerprint density at radius 1 is 1.45 bits per heavy atom. The fraction of sp³-hybridized carbons (Fsp3) is 0.286. The van der Waals surface area contributed by atoms with Crippen LogP contribution in [-0.2, 0) is 13.5 Å². The average molecular weight is 306 g/mol. The predicted molar refractivity (Wildman–Crippen MR) is 90.0 cm³/mol. The molecule has 4 nitrogen and oxygen atoms in total. The molecule has 0 amide bonds. The number of hydrogen-bond donors (Lipinski definition) is 2. The minimum absolute atomic E-state index is 0.402. The number of benzene rings is 1. The minimum Gasteiger partial charge on any atom is -0.389 e. The van der Waals surface area contributed by atoms with Crippen molar-refractivity contribution in [3.8, 4) is 0 Å². The largest absolute Gasteiger partial charge is 0.389 e. The number of thiocarbonyl (C=S) groups is 1. The topological polar surface area (TPSA) is 55.9 Å². The van der Waals surface area contributed by atoms with E-state index in [9.17, 15) is 0 Å². The lowest BCUT2D eigenvalue weighted by molar-refractivity contribution is 0.746. The van der Waals surface area contributed by atoms with Crippen LogP contribution in [0.2, 0.25) is 0 Å². The smallest absolute Gasteiger partial charge is 0.107 e. The van der Waals surface area contributed by atoms with Crippen LogP contribution in [0.25, 0.3) is 0 Å². The Hall–Kier alpha value is -1.53. The van der Waals surface area contributed by atoms with Crippen LogP contribution in [-0.4, -0.2) is 21.0 Å². The monoisotopic (exact) mass is 306 g/mol. The first-order valence-electron chi connectivity index (χ1n) is 6.33. The molecule has 0 saturated heterocycles. The van der Waals surface area contributed by atoms with Crippen molar-refractivity contribution >= 4 is 40.3 Å². The molecule has 0 saturated carbocycles. The molecule has 2 aromatic rings. The molecule has 1 aromatic carbocycles. The third kappa shape index (κ3) is 2.96. The van der Waals surface area contributed by atoms with Gasteiger partial charge in [-0.2, -0.15) is 5.10 Å². The predicted octanol–water partition coefficient (Wildman–Crippen LogP) is 3.08. The van der Waals surface area contributed by atoms with Crippen LogP contribution in [0.3, 0.4) is 0 Å². The van der Waals surface area contributed by atoms with Crippen molar-refractivity contribution in [3.05, 3.63) is 35.7 Å². The summed E-state index contributed by atoms with van der Waals surface area (Å²) in [6.07, 6.45) is 4.85. The van der Waals surface area contributed by atoms with Crippen molar-refractivity contribution in [1.29, 1.82) is 0 Å². The lowest BCUT2D eigenvalue weighted by Gasteiger charge is -2.14. The fourth-order valence-corrected chi connectivity index (χ4v) is 3.03. The van der Waals surface area contributed by atoms with E-state index in [1.54, 1.807) is 16.4 Å². The minimum atomic E-state index is 0.402. The number of thioether (sulfide) groups is 1. The highest BCUT2D eigenvalue weighted by Gasteiger charge is 2.13. The summed E-state index contributed by atoms with van der Waals surface area (Å²) >= 11 is 6.82. The highest BCUT2D eigenvalue weighted by molar-refractivity contribution is 7.98. The number of rotatable bonds is 5. The normalized spacial score (nSPS) is 10.6. The van der Waals surface area contributed by atoms with E-state index in [4.69, 9.17) is 18.0 Å². The molecule has 0 unspecified atom stereocenters. The summed E-state index contributed by atoms with van der Waals surface area (Å²) < 4.78 is 1.81. The quantitative estimate of drug-likeness (QED) is 0.657. The van der Waals surface area contributed by atoms with Gasteiger partial charge in [0.25, 0.3) is 0 Å². The molecule has 106 valence electrons. The zero-order valence-electron chi connectivity index (χ0n) is 11.8. The standard InChI is InChI=1S/C14H18N4S2/c1-4-9-11(8-18(2)17-9)16-10-6-5-7-12(20-3)13(10)14(15)19/h5-8,16H,4H2,1-3H3,(H2,15,19). The summed E-state index contributed by atoms with van der Waals surface area (Å²) in [6.45, 7) is 2.08.